The Kier molecular flexibility index (Phi) is 6.02. The second-order valence-corrected chi connectivity index (χ2v) is 8.93. The minimum absolute atomic E-state index is 0.00753. The first-order chi connectivity index (χ1) is 16.5. The number of anilines is 2. The summed E-state index contributed by atoms with van der Waals surface area (Å²) in [6.07, 6.45) is 5.77. The molecule has 0 saturated heterocycles. The number of hydrogen-bond donors (Lipinski definition) is 2. The fourth-order valence-corrected chi connectivity index (χ4v) is 4.04. The second kappa shape index (κ2) is 9.26. The van der Waals surface area contributed by atoms with Gasteiger partial charge in [0.05, 0.1) is 18.3 Å². The van der Waals surface area contributed by atoms with Gasteiger partial charge >= 0.3 is 6.01 Å². The number of nitrogens with one attached hydrogen (secondary N) is 2. The van der Waals surface area contributed by atoms with Crippen LogP contribution >= 0.6 is 11.6 Å². The third-order valence-electron chi connectivity index (χ3n) is 5.51. The normalized spacial score (nSPS) is 17.1. The molecule has 5 rings (SSSR count). The van der Waals surface area contributed by atoms with Crippen molar-refractivity contribution in [2.45, 2.75) is 38.8 Å². The van der Waals surface area contributed by atoms with E-state index in [4.69, 9.17) is 16.3 Å². The first-order valence-electron chi connectivity index (χ1n) is 11.1. The van der Waals surface area contributed by atoms with Crippen LogP contribution < -0.4 is 15.4 Å². The van der Waals surface area contributed by atoms with Crippen LogP contribution in [0.2, 0.25) is 5.02 Å². The molecule has 0 spiro atoms. The third-order valence-corrected chi connectivity index (χ3v) is 5.75. The highest BCUT2D eigenvalue weighted by molar-refractivity contribution is 6.30. The van der Waals surface area contributed by atoms with Crippen LogP contribution in [0.5, 0.6) is 6.01 Å². The number of imidazole rings is 1. The van der Waals surface area contributed by atoms with E-state index in [9.17, 15) is 4.79 Å². The quantitative estimate of drug-likeness (QED) is 0.389. The molecule has 4 aromatic rings. The molecule has 9 nitrogen and oxygen atoms in total. The van der Waals surface area contributed by atoms with Crippen LogP contribution in [-0.4, -0.2) is 36.3 Å². The first-order valence-corrected chi connectivity index (χ1v) is 11.5. The molecule has 3 aromatic heterocycles. The van der Waals surface area contributed by atoms with E-state index in [1.165, 1.54) is 6.33 Å². The van der Waals surface area contributed by atoms with Gasteiger partial charge in [-0.05, 0) is 49.9 Å². The van der Waals surface area contributed by atoms with Crippen molar-refractivity contribution in [1.82, 2.24) is 24.3 Å². The molecule has 1 aliphatic rings. The highest BCUT2D eigenvalue weighted by atomic mass is 35.5. The van der Waals surface area contributed by atoms with Crippen molar-refractivity contribution < 1.29 is 9.53 Å². The predicted molar refractivity (Wildman–Crippen MR) is 129 cm³/mol. The van der Waals surface area contributed by atoms with Crippen LogP contribution in [0.4, 0.5) is 11.6 Å². The Labute approximate surface area is 201 Å². The maximum Gasteiger partial charge on any atom is 0.302 e. The summed E-state index contributed by atoms with van der Waals surface area (Å²) in [7, 11) is 0. The highest BCUT2D eigenvalue weighted by Crippen LogP contribution is 2.48. The molecule has 2 unspecified atom stereocenters. The monoisotopic (exact) mass is 477 g/mol. The van der Waals surface area contributed by atoms with Crippen molar-refractivity contribution in [3.63, 3.8) is 0 Å². The van der Waals surface area contributed by atoms with Gasteiger partial charge in [0, 0.05) is 29.4 Å². The number of carbonyl (C=O) groups is 1. The van der Waals surface area contributed by atoms with E-state index >= 15 is 0 Å². The predicted octanol–water partition coefficient (Wildman–Crippen LogP) is 4.31. The summed E-state index contributed by atoms with van der Waals surface area (Å²) in [6.45, 7) is 4.34. The standard InChI is InChI=1S/C24H24ClN7O2/c1-14(2)34-24-26-7-6-22-30-17(12-32(22)24)11-27-20-10-21(29-13-28-20)31-23(33)19-9-18(19)15-4-3-5-16(25)8-15/h3-8,10,12-14,18-19H,9,11H2,1-2H3,(H2,27,28,29,31,33). The number of rotatable bonds is 8. The van der Waals surface area contributed by atoms with Gasteiger partial charge in [0.25, 0.3) is 0 Å². The number of carbonyl (C=O) groups excluding carboxylic acids is 1. The van der Waals surface area contributed by atoms with E-state index in [2.05, 4.69) is 30.6 Å². The number of hydrogen-bond acceptors (Lipinski definition) is 7. The topological polar surface area (TPSA) is 106 Å². The van der Waals surface area contributed by atoms with Crippen LogP contribution in [0, 0.1) is 5.92 Å². The zero-order valence-corrected chi connectivity index (χ0v) is 19.5. The number of halogens is 1. The van der Waals surface area contributed by atoms with Crippen molar-refractivity contribution in [2.24, 2.45) is 5.92 Å². The summed E-state index contributed by atoms with van der Waals surface area (Å²) in [6, 6.07) is 11.7. The number of amides is 1. The molecule has 2 atom stereocenters. The number of fused-ring (bicyclic) bond motifs is 1. The van der Waals surface area contributed by atoms with E-state index < -0.39 is 0 Å². The van der Waals surface area contributed by atoms with Crippen LogP contribution in [0.15, 0.2) is 55.1 Å². The van der Waals surface area contributed by atoms with Gasteiger partial charge in [0.15, 0.2) is 0 Å². The molecule has 1 amide bonds. The fraction of sp³-hybridized carbons (Fsp3) is 0.292. The maximum atomic E-state index is 12.7. The van der Waals surface area contributed by atoms with Crippen molar-refractivity contribution >= 4 is 34.8 Å². The molecule has 0 aliphatic heterocycles. The van der Waals surface area contributed by atoms with Crippen molar-refractivity contribution in [3.8, 4) is 6.01 Å². The molecule has 1 saturated carbocycles. The molecule has 1 aliphatic carbocycles. The Bertz CT molecular complexity index is 1340. The molecule has 3 heterocycles. The van der Waals surface area contributed by atoms with Gasteiger partial charge < -0.3 is 15.4 Å². The SMILES string of the molecule is CC(C)Oc1nccc2nc(CNc3cc(NC(=O)C4CC4c4cccc(Cl)c4)ncn3)cn12. The summed E-state index contributed by atoms with van der Waals surface area (Å²) < 4.78 is 7.56. The van der Waals surface area contributed by atoms with Gasteiger partial charge in [0.1, 0.15) is 23.6 Å². The summed E-state index contributed by atoms with van der Waals surface area (Å²) in [5.41, 5.74) is 2.63. The Morgan fingerprint density at radius 3 is 2.88 bits per heavy atom. The molecule has 10 heteroatoms. The molecular formula is C24H24ClN7O2. The lowest BCUT2D eigenvalue weighted by atomic mass is 10.1. The smallest absolute Gasteiger partial charge is 0.302 e. The van der Waals surface area contributed by atoms with E-state index in [-0.39, 0.29) is 23.8 Å². The summed E-state index contributed by atoms with van der Waals surface area (Å²) >= 11 is 6.08. The molecule has 1 aromatic carbocycles. The van der Waals surface area contributed by atoms with Gasteiger partial charge in [-0.1, -0.05) is 23.7 Å². The molecule has 1 fully saturated rings. The minimum Gasteiger partial charge on any atom is -0.462 e. The van der Waals surface area contributed by atoms with Crippen LogP contribution in [-0.2, 0) is 11.3 Å². The molecule has 34 heavy (non-hydrogen) atoms. The van der Waals surface area contributed by atoms with Crippen molar-refractivity contribution in [2.75, 3.05) is 10.6 Å². The van der Waals surface area contributed by atoms with Crippen molar-refractivity contribution in [3.05, 3.63) is 71.4 Å². The summed E-state index contributed by atoms with van der Waals surface area (Å²) in [5, 5.41) is 6.80. The highest BCUT2D eigenvalue weighted by Gasteiger charge is 2.44. The lowest BCUT2D eigenvalue weighted by molar-refractivity contribution is -0.117. The van der Waals surface area contributed by atoms with E-state index in [0.29, 0.717) is 29.2 Å². The van der Waals surface area contributed by atoms with Gasteiger partial charge in [-0.25, -0.2) is 19.9 Å². The number of benzene rings is 1. The lowest BCUT2D eigenvalue weighted by Gasteiger charge is -2.09. The number of ether oxygens (including phenoxy) is 1. The Hall–Kier alpha value is -3.72. The van der Waals surface area contributed by atoms with Gasteiger partial charge in [-0.2, -0.15) is 0 Å². The average molecular weight is 478 g/mol. The molecule has 0 radical (unpaired) electrons. The summed E-state index contributed by atoms with van der Waals surface area (Å²) in [5.74, 6) is 1.08. The van der Waals surface area contributed by atoms with Crippen LogP contribution in [0.25, 0.3) is 5.65 Å². The molecule has 2 N–H and O–H groups in total. The Morgan fingerprint density at radius 2 is 2.06 bits per heavy atom. The lowest BCUT2D eigenvalue weighted by Crippen LogP contribution is -2.16. The van der Waals surface area contributed by atoms with E-state index in [0.717, 1.165) is 23.3 Å². The molecule has 174 valence electrons. The number of aromatic nitrogens is 5. The molecule has 0 bridgehead atoms. The van der Waals surface area contributed by atoms with Gasteiger partial charge in [-0.3, -0.25) is 9.20 Å². The fourth-order valence-electron chi connectivity index (χ4n) is 3.84. The Balaban J connectivity index is 1.21. The zero-order chi connectivity index (χ0) is 23.7. The minimum atomic E-state index is -0.0846. The van der Waals surface area contributed by atoms with Crippen LogP contribution in [0.3, 0.4) is 0 Å². The first kappa shape index (κ1) is 22.1. The van der Waals surface area contributed by atoms with E-state index in [1.807, 2.05) is 54.8 Å². The van der Waals surface area contributed by atoms with Crippen LogP contribution in [0.1, 0.15) is 37.4 Å². The Morgan fingerprint density at radius 1 is 1.21 bits per heavy atom. The summed E-state index contributed by atoms with van der Waals surface area (Å²) in [4.78, 5) is 30.0. The number of nitrogens with zero attached hydrogens (tertiary/aromatic N) is 5. The second-order valence-electron chi connectivity index (χ2n) is 8.49. The third kappa shape index (κ3) is 4.94. The molecular weight excluding hydrogens is 454 g/mol. The van der Waals surface area contributed by atoms with Gasteiger partial charge in [0.2, 0.25) is 5.91 Å². The maximum absolute atomic E-state index is 12.7. The van der Waals surface area contributed by atoms with Gasteiger partial charge in [-0.15, -0.1) is 0 Å². The van der Waals surface area contributed by atoms with E-state index in [1.54, 1.807) is 12.3 Å². The average Bonchev–Trinajstić information content (AvgIpc) is 3.50. The zero-order valence-electron chi connectivity index (χ0n) is 18.8. The largest absolute Gasteiger partial charge is 0.462 e. The van der Waals surface area contributed by atoms with Crippen molar-refractivity contribution in [1.29, 1.82) is 0 Å².